The zero-order valence-corrected chi connectivity index (χ0v) is 8.97. The summed E-state index contributed by atoms with van der Waals surface area (Å²) >= 11 is 5.89. The van der Waals surface area contributed by atoms with Gasteiger partial charge in [-0.05, 0) is 19.5 Å². The molecule has 0 aromatic heterocycles. The lowest BCUT2D eigenvalue weighted by atomic mass is 10.1. The second kappa shape index (κ2) is 4.64. The first-order chi connectivity index (χ1) is 6.57. The molecule has 0 aliphatic rings. The second-order valence-electron chi connectivity index (χ2n) is 3.21. The molecule has 0 heterocycles. The Morgan fingerprint density at radius 3 is 2.71 bits per heavy atom. The molecule has 0 fully saturated rings. The topological polar surface area (TPSA) is 52.5 Å². The van der Waals surface area contributed by atoms with Gasteiger partial charge in [0.25, 0.3) is 0 Å². The Hall–Kier alpha value is -0.770. The minimum atomic E-state index is -0.695. The van der Waals surface area contributed by atoms with Crippen molar-refractivity contribution in [2.45, 2.75) is 13.0 Å². The van der Waals surface area contributed by atoms with Crippen LogP contribution in [0.2, 0.25) is 5.02 Å². The van der Waals surface area contributed by atoms with Gasteiger partial charge in [-0.25, -0.2) is 0 Å². The molecule has 0 aliphatic carbocycles. The van der Waals surface area contributed by atoms with Crippen molar-refractivity contribution in [3.8, 4) is 5.75 Å². The molecule has 0 saturated carbocycles. The van der Waals surface area contributed by atoms with Gasteiger partial charge in [0.15, 0.2) is 0 Å². The molecule has 78 valence electrons. The first kappa shape index (κ1) is 11.3. The van der Waals surface area contributed by atoms with Crippen LogP contribution in [0.3, 0.4) is 0 Å². The first-order valence-electron chi connectivity index (χ1n) is 4.38. The average molecular weight is 216 g/mol. The second-order valence-corrected chi connectivity index (χ2v) is 3.59. The number of nitrogens with one attached hydrogen (secondary N) is 1. The number of aromatic hydroxyl groups is 1. The lowest BCUT2D eigenvalue weighted by Crippen LogP contribution is -2.17. The predicted octanol–water partition coefficient (Wildman–Crippen LogP) is 1.61. The summed E-state index contributed by atoms with van der Waals surface area (Å²) in [7, 11) is 1.74. The van der Waals surface area contributed by atoms with Gasteiger partial charge < -0.3 is 15.5 Å². The Balaban J connectivity index is 3.04. The molecule has 3 N–H and O–H groups in total. The van der Waals surface area contributed by atoms with Gasteiger partial charge in [-0.3, -0.25) is 0 Å². The van der Waals surface area contributed by atoms with Crippen LogP contribution in [0.25, 0.3) is 0 Å². The fraction of sp³-hybridized carbons (Fsp3) is 0.400. The van der Waals surface area contributed by atoms with Crippen LogP contribution in [0, 0.1) is 6.92 Å². The summed E-state index contributed by atoms with van der Waals surface area (Å²) in [5, 5.41) is 22.3. The first-order valence-corrected chi connectivity index (χ1v) is 4.76. The number of aliphatic hydroxyl groups excluding tert-OH is 1. The van der Waals surface area contributed by atoms with Crippen molar-refractivity contribution in [3.63, 3.8) is 0 Å². The Morgan fingerprint density at radius 1 is 1.50 bits per heavy atom. The third kappa shape index (κ3) is 2.18. The number of hydrogen-bond donors (Lipinski definition) is 3. The zero-order chi connectivity index (χ0) is 10.7. The Kier molecular flexibility index (Phi) is 3.75. The van der Waals surface area contributed by atoms with E-state index in [0.29, 0.717) is 17.7 Å². The molecule has 1 aromatic carbocycles. The van der Waals surface area contributed by atoms with Gasteiger partial charge >= 0.3 is 0 Å². The quantitative estimate of drug-likeness (QED) is 0.718. The lowest BCUT2D eigenvalue weighted by molar-refractivity contribution is 0.177. The Morgan fingerprint density at radius 2 is 2.14 bits per heavy atom. The number of aliphatic hydroxyl groups is 1. The fourth-order valence-electron chi connectivity index (χ4n) is 1.24. The van der Waals surface area contributed by atoms with Crippen molar-refractivity contribution >= 4 is 11.6 Å². The fourth-order valence-corrected chi connectivity index (χ4v) is 1.58. The van der Waals surface area contributed by atoms with E-state index < -0.39 is 6.10 Å². The molecule has 3 nitrogen and oxygen atoms in total. The predicted molar refractivity (Wildman–Crippen MR) is 56.7 cm³/mol. The van der Waals surface area contributed by atoms with E-state index in [1.54, 1.807) is 26.1 Å². The number of aryl methyl sites for hydroxylation is 1. The molecular formula is C10H14ClNO2. The highest BCUT2D eigenvalue weighted by Crippen LogP contribution is 2.33. The summed E-state index contributed by atoms with van der Waals surface area (Å²) in [5.74, 6) is 0.0410. The molecule has 0 spiro atoms. The smallest absolute Gasteiger partial charge is 0.137 e. The molecule has 0 saturated heterocycles. The molecular weight excluding hydrogens is 202 g/mol. The van der Waals surface area contributed by atoms with Crippen molar-refractivity contribution in [1.82, 2.24) is 5.32 Å². The highest BCUT2D eigenvalue weighted by atomic mass is 35.5. The summed E-state index contributed by atoms with van der Waals surface area (Å²) in [6, 6.07) is 3.45. The van der Waals surface area contributed by atoms with Crippen molar-refractivity contribution < 1.29 is 10.2 Å². The van der Waals surface area contributed by atoms with Crippen LogP contribution in [0.15, 0.2) is 12.1 Å². The SMILES string of the molecule is CNCC(O)c1ccc(C)c(O)c1Cl. The summed E-state index contributed by atoms with van der Waals surface area (Å²) in [4.78, 5) is 0. The highest BCUT2D eigenvalue weighted by molar-refractivity contribution is 6.33. The molecule has 0 amide bonds. The zero-order valence-electron chi connectivity index (χ0n) is 8.21. The normalized spacial score (nSPS) is 12.9. The van der Waals surface area contributed by atoms with Crippen LogP contribution < -0.4 is 5.32 Å². The van der Waals surface area contributed by atoms with Crippen LogP contribution in [-0.2, 0) is 0 Å². The van der Waals surface area contributed by atoms with Crippen molar-refractivity contribution in [2.24, 2.45) is 0 Å². The van der Waals surface area contributed by atoms with Crippen LogP contribution >= 0.6 is 11.6 Å². The number of phenolic OH excluding ortho intramolecular Hbond substituents is 1. The van der Waals surface area contributed by atoms with E-state index in [2.05, 4.69) is 5.32 Å². The van der Waals surface area contributed by atoms with Crippen LogP contribution in [0.5, 0.6) is 5.75 Å². The number of halogens is 1. The Labute approximate surface area is 88.3 Å². The Bertz CT molecular complexity index is 328. The maximum absolute atomic E-state index is 9.66. The molecule has 1 rings (SSSR count). The standard InChI is InChI=1S/C10H14ClNO2/c1-6-3-4-7(8(13)5-12-2)9(11)10(6)14/h3-4,8,12-14H,5H2,1-2H3. The third-order valence-corrected chi connectivity index (χ3v) is 2.50. The van der Waals surface area contributed by atoms with Crippen LogP contribution in [0.1, 0.15) is 17.2 Å². The van der Waals surface area contributed by atoms with Gasteiger partial charge in [0.2, 0.25) is 0 Å². The maximum atomic E-state index is 9.66. The highest BCUT2D eigenvalue weighted by Gasteiger charge is 2.14. The van der Waals surface area contributed by atoms with Crippen molar-refractivity contribution in [3.05, 3.63) is 28.3 Å². The molecule has 0 bridgehead atoms. The summed E-state index contributed by atoms with van der Waals surface area (Å²) in [6.07, 6.45) is -0.695. The van der Waals surface area contributed by atoms with E-state index in [9.17, 15) is 10.2 Å². The number of phenols is 1. The largest absolute Gasteiger partial charge is 0.506 e. The molecule has 1 unspecified atom stereocenters. The summed E-state index contributed by atoms with van der Waals surface area (Å²) in [6.45, 7) is 2.16. The van der Waals surface area contributed by atoms with Crippen molar-refractivity contribution in [1.29, 1.82) is 0 Å². The monoisotopic (exact) mass is 215 g/mol. The van der Waals surface area contributed by atoms with Crippen LogP contribution in [0.4, 0.5) is 0 Å². The molecule has 4 heteroatoms. The third-order valence-electron chi connectivity index (χ3n) is 2.10. The van der Waals surface area contributed by atoms with E-state index >= 15 is 0 Å². The minimum Gasteiger partial charge on any atom is -0.506 e. The van der Waals surface area contributed by atoms with Crippen LogP contribution in [-0.4, -0.2) is 23.8 Å². The molecule has 0 aliphatic heterocycles. The maximum Gasteiger partial charge on any atom is 0.137 e. The number of likely N-dealkylation sites (N-methyl/N-ethyl adjacent to an activating group) is 1. The number of benzene rings is 1. The molecule has 1 aromatic rings. The van der Waals surface area contributed by atoms with Crippen molar-refractivity contribution in [2.75, 3.05) is 13.6 Å². The minimum absolute atomic E-state index is 0.0410. The summed E-state index contributed by atoms with van der Waals surface area (Å²) < 4.78 is 0. The van der Waals surface area contributed by atoms with Gasteiger partial charge in [-0.1, -0.05) is 23.7 Å². The number of hydrogen-bond acceptors (Lipinski definition) is 3. The van der Waals surface area contributed by atoms with E-state index in [0.717, 1.165) is 0 Å². The van der Waals surface area contributed by atoms with E-state index in [4.69, 9.17) is 11.6 Å². The van der Waals surface area contributed by atoms with Gasteiger partial charge in [-0.15, -0.1) is 0 Å². The summed E-state index contributed by atoms with van der Waals surface area (Å²) in [5.41, 5.74) is 1.25. The molecule has 1 atom stereocenters. The molecule has 0 radical (unpaired) electrons. The van der Waals surface area contributed by atoms with Gasteiger partial charge in [0.05, 0.1) is 11.1 Å². The molecule has 14 heavy (non-hydrogen) atoms. The van der Waals surface area contributed by atoms with Gasteiger partial charge in [0.1, 0.15) is 5.75 Å². The number of rotatable bonds is 3. The van der Waals surface area contributed by atoms with Gasteiger partial charge in [-0.2, -0.15) is 0 Å². The average Bonchev–Trinajstić information content (AvgIpc) is 2.15. The van der Waals surface area contributed by atoms with E-state index in [1.165, 1.54) is 0 Å². The lowest BCUT2D eigenvalue weighted by Gasteiger charge is -2.13. The van der Waals surface area contributed by atoms with E-state index in [1.807, 2.05) is 0 Å². The van der Waals surface area contributed by atoms with Gasteiger partial charge in [0, 0.05) is 12.1 Å². The van der Waals surface area contributed by atoms with E-state index in [-0.39, 0.29) is 10.8 Å².